The van der Waals surface area contributed by atoms with E-state index in [4.69, 9.17) is 14.2 Å². The highest BCUT2D eigenvalue weighted by atomic mass is 16.6. The lowest BCUT2D eigenvalue weighted by Crippen LogP contribution is -2.30. The standard InChI is InChI=1S/C66H110O6/c1-4-7-10-13-16-19-22-24-26-27-28-29-30-31-32-33-34-35-36-37-38-39-41-42-44-47-50-53-56-59-65(68)71-62-63(61-70-64(67)58-55-52-49-46-21-18-15-12-9-6-3)72-66(69)60-57-54-51-48-45-43-40-25-23-20-17-14-11-8-5-2/h7,10,16,19,24-26,28-29,31-32,34-35,37-38,40-42,63H,4-6,8-9,11-15,17-18,20-23,27,30,33,36,39,43-62H2,1-3H3/b10-7-,19-16-,26-24-,29-28-,32-31-,35-34-,38-37-,40-25-,42-41-. The third-order valence-electron chi connectivity index (χ3n) is 12.5. The Labute approximate surface area is 444 Å². The molecule has 0 aliphatic carbocycles. The van der Waals surface area contributed by atoms with E-state index in [0.717, 1.165) is 135 Å². The number of allylic oxidation sites excluding steroid dienone is 18. The van der Waals surface area contributed by atoms with Gasteiger partial charge in [-0.05, 0) is 109 Å². The molecule has 0 aromatic heterocycles. The van der Waals surface area contributed by atoms with Crippen LogP contribution in [0.25, 0.3) is 0 Å². The minimum atomic E-state index is -0.792. The SMILES string of the molecule is CC/C=C\C/C=C\C/C=C\C/C=C\C/C=C\C/C=C\C/C=C\C/C=C\CCCCCCC(=O)OCC(COC(=O)CCCCCCCCCCCC)OC(=O)CCCCCCC/C=C\CCCCCCCC. The summed E-state index contributed by atoms with van der Waals surface area (Å²) in [5.41, 5.74) is 0. The van der Waals surface area contributed by atoms with Crippen LogP contribution in [0.3, 0.4) is 0 Å². The number of ether oxygens (including phenoxy) is 3. The Morgan fingerprint density at radius 3 is 0.861 bits per heavy atom. The van der Waals surface area contributed by atoms with Crippen LogP contribution in [0.15, 0.2) is 109 Å². The van der Waals surface area contributed by atoms with Crippen molar-refractivity contribution < 1.29 is 28.6 Å². The monoisotopic (exact) mass is 999 g/mol. The fourth-order valence-electron chi connectivity index (χ4n) is 8.04. The number of rotatable bonds is 53. The molecule has 0 aromatic carbocycles. The first-order chi connectivity index (χ1) is 35.5. The average Bonchev–Trinajstić information content (AvgIpc) is 3.38. The first-order valence-electron chi connectivity index (χ1n) is 29.9. The van der Waals surface area contributed by atoms with Crippen molar-refractivity contribution in [1.29, 1.82) is 0 Å². The highest BCUT2D eigenvalue weighted by molar-refractivity contribution is 5.71. The van der Waals surface area contributed by atoms with E-state index in [1.807, 2.05) is 0 Å². The summed E-state index contributed by atoms with van der Waals surface area (Å²) >= 11 is 0. The van der Waals surface area contributed by atoms with Gasteiger partial charge in [0.15, 0.2) is 6.10 Å². The van der Waals surface area contributed by atoms with Crippen LogP contribution in [0.5, 0.6) is 0 Å². The lowest BCUT2D eigenvalue weighted by Gasteiger charge is -2.18. The smallest absolute Gasteiger partial charge is 0.306 e. The maximum Gasteiger partial charge on any atom is 0.306 e. The number of hydrogen-bond donors (Lipinski definition) is 0. The Kier molecular flexibility index (Phi) is 56.4. The minimum Gasteiger partial charge on any atom is -0.462 e. The first kappa shape index (κ1) is 68.1. The van der Waals surface area contributed by atoms with E-state index in [-0.39, 0.29) is 31.1 Å². The third kappa shape index (κ3) is 57.0. The molecule has 0 radical (unpaired) electrons. The summed E-state index contributed by atoms with van der Waals surface area (Å²) in [4.78, 5) is 38.1. The number of carbonyl (C=O) groups is 3. The molecular weight excluding hydrogens is 889 g/mol. The van der Waals surface area contributed by atoms with Crippen LogP contribution in [-0.2, 0) is 28.6 Å². The van der Waals surface area contributed by atoms with E-state index in [1.165, 1.54) is 96.3 Å². The van der Waals surface area contributed by atoms with Gasteiger partial charge < -0.3 is 14.2 Å². The van der Waals surface area contributed by atoms with Crippen molar-refractivity contribution in [1.82, 2.24) is 0 Å². The van der Waals surface area contributed by atoms with E-state index < -0.39 is 6.10 Å². The molecule has 0 spiro atoms. The molecule has 0 aliphatic rings. The molecule has 0 aliphatic heterocycles. The zero-order valence-corrected chi connectivity index (χ0v) is 46.9. The number of esters is 3. The Bertz CT molecular complexity index is 1470. The predicted molar refractivity (Wildman–Crippen MR) is 311 cm³/mol. The van der Waals surface area contributed by atoms with Gasteiger partial charge in [-0.25, -0.2) is 0 Å². The molecular formula is C66H110O6. The molecule has 0 saturated carbocycles. The zero-order valence-electron chi connectivity index (χ0n) is 46.9. The fourth-order valence-corrected chi connectivity index (χ4v) is 8.04. The van der Waals surface area contributed by atoms with Gasteiger partial charge in [0.1, 0.15) is 13.2 Å². The molecule has 0 rings (SSSR count). The van der Waals surface area contributed by atoms with E-state index in [1.54, 1.807) is 0 Å². The van der Waals surface area contributed by atoms with E-state index in [0.29, 0.717) is 19.3 Å². The topological polar surface area (TPSA) is 78.9 Å². The molecule has 6 heteroatoms. The molecule has 410 valence electrons. The fraction of sp³-hybridized carbons (Fsp3) is 0.682. The van der Waals surface area contributed by atoms with Crippen molar-refractivity contribution in [2.45, 2.75) is 277 Å². The molecule has 0 heterocycles. The molecule has 0 amide bonds. The molecule has 1 unspecified atom stereocenters. The lowest BCUT2D eigenvalue weighted by atomic mass is 10.1. The van der Waals surface area contributed by atoms with Gasteiger partial charge >= 0.3 is 17.9 Å². The van der Waals surface area contributed by atoms with Gasteiger partial charge in [-0.2, -0.15) is 0 Å². The van der Waals surface area contributed by atoms with Gasteiger partial charge in [-0.1, -0.05) is 252 Å². The van der Waals surface area contributed by atoms with E-state index >= 15 is 0 Å². The second kappa shape index (κ2) is 59.6. The summed E-state index contributed by atoms with van der Waals surface area (Å²) in [5.74, 6) is -0.923. The van der Waals surface area contributed by atoms with Crippen LogP contribution in [0.1, 0.15) is 271 Å². The normalized spacial score (nSPS) is 12.9. The number of unbranched alkanes of at least 4 members (excludes halogenated alkanes) is 24. The Morgan fingerprint density at radius 1 is 0.292 bits per heavy atom. The molecule has 1 atom stereocenters. The number of carbonyl (C=O) groups excluding carboxylic acids is 3. The summed E-state index contributed by atoms with van der Waals surface area (Å²) in [5, 5.41) is 0. The molecule has 0 fully saturated rings. The first-order valence-corrected chi connectivity index (χ1v) is 29.9. The van der Waals surface area contributed by atoms with Gasteiger partial charge in [-0.15, -0.1) is 0 Å². The van der Waals surface area contributed by atoms with Crippen LogP contribution in [-0.4, -0.2) is 37.2 Å². The second-order valence-corrected chi connectivity index (χ2v) is 19.5. The van der Waals surface area contributed by atoms with E-state index in [2.05, 4.69) is 130 Å². The molecule has 0 saturated heterocycles. The number of hydrogen-bond acceptors (Lipinski definition) is 6. The summed E-state index contributed by atoms with van der Waals surface area (Å²) in [6.07, 6.45) is 80.9. The quantitative estimate of drug-likeness (QED) is 0.0261. The molecule has 0 aromatic rings. The maximum atomic E-state index is 12.8. The van der Waals surface area contributed by atoms with E-state index in [9.17, 15) is 14.4 Å². The van der Waals surface area contributed by atoms with Crippen molar-refractivity contribution in [3.8, 4) is 0 Å². The highest BCUT2D eigenvalue weighted by Gasteiger charge is 2.19. The summed E-state index contributed by atoms with van der Waals surface area (Å²) in [6, 6.07) is 0. The Hall–Kier alpha value is -3.93. The average molecular weight is 1000 g/mol. The molecule has 72 heavy (non-hydrogen) atoms. The van der Waals surface area contributed by atoms with Crippen molar-refractivity contribution in [2.24, 2.45) is 0 Å². The highest BCUT2D eigenvalue weighted by Crippen LogP contribution is 2.14. The zero-order chi connectivity index (χ0) is 52.2. The molecule has 0 bridgehead atoms. The molecule has 0 N–H and O–H groups in total. The Morgan fingerprint density at radius 2 is 0.542 bits per heavy atom. The largest absolute Gasteiger partial charge is 0.462 e. The van der Waals surface area contributed by atoms with Crippen LogP contribution in [0, 0.1) is 0 Å². The van der Waals surface area contributed by atoms with Crippen molar-refractivity contribution in [3.63, 3.8) is 0 Å². The van der Waals surface area contributed by atoms with Crippen LogP contribution < -0.4 is 0 Å². The van der Waals surface area contributed by atoms with Crippen molar-refractivity contribution in [2.75, 3.05) is 13.2 Å². The predicted octanol–water partition coefficient (Wildman–Crippen LogP) is 20.3. The van der Waals surface area contributed by atoms with Gasteiger partial charge in [0, 0.05) is 19.3 Å². The van der Waals surface area contributed by atoms with Crippen molar-refractivity contribution in [3.05, 3.63) is 109 Å². The van der Waals surface area contributed by atoms with Gasteiger partial charge in [0.05, 0.1) is 0 Å². The van der Waals surface area contributed by atoms with Gasteiger partial charge in [-0.3, -0.25) is 14.4 Å². The minimum absolute atomic E-state index is 0.0885. The summed E-state index contributed by atoms with van der Waals surface area (Å²) in [6.45, 7) is 6.48. The summed E-state index contributed by atoms with van der Waals surface area (Å²) < 4.78 is 16.8. The van der Waals surface area contributed by atoms with Gasteiger partial charge in [0.2, 0.25) is 0 Å². The van der Waals surface area contributed by atoms with Crippen LogP contribution in [0.2, 0.25) is 0 Å². The lowest BCUT2D eigenvalue weighted by molar-refractivity contribution is -0.167. The summed E-state index contributed by atoms with van der Waals surface area (Å²) in [7, 11) is 0. The van der Waals surface area contributed by atoms with Gasteiger partial charge in [0.25, 0.3) is 0 Å². The Balaban J connectivity index is 4.32. The second-order valence-electron chi connectivity index (χ2n) is 19.5. The maximum absolute atomic E-state index is 12.8. The third-order valence-corrected chi connectivity index (χ3v) is 12.5. The van der Waals surface area contributed by atoms with Crippen LogP contribution in [0.4, 0.5) is 0 Å². The van der Waals surface area contributed by atoms with Crippen LogP contribution >= 0.6 is 0 Å². The van der Waals surface area contributed by atoms with Crippen molar-refractivity contribution >= 4 is 17.9 Å². The molecule has 6 nitrogen and oxygen atoms in total.